The quantitative estimate of drug-likeness (QED) is 0.738. The molecular formula is C14H11N5O3S. The lowest BCUT2D eigenvalue weighted by atomic mass is 10.2. The molecule has 0 atom stereocenters. The Morgan fingerprint density at radius 3 is 2.78 bits per heavy atom. The van der Waals surface area contributed by atoms with Gasteiger partial charge in [-0.2, -0.15) is 0 Å². The number of amides is 1. The van der Waals surface area contributed by atoms with E-state index in [1.165, 1.54) is 17.5 Å². The maximum absolute atomic E-state index is 12.1. The van der Waals surface area contributed by atoms with Gasteiger partial charge in [-0.15, -0.1) is 16.4 Å². The van der Waals surface area contributed by atoms with Gasteiger partial charge in [0.1, 0.15) is 6.54 Å². The SMILES string of the molecule is O=C(O)Cn1cc(C(=O)Nc2nc(-c3ccccc3)cs2)nn1. The van der Waals surface area contributed by atoms with E-state index in [1.54, 1.807) is 0 Å². The maximum atomic E-state index is 12.1. The van der Waals surface area contributed by atoms with E-state index in [9.17, 15) is 9.59 Å². The molecule has 0 aliphatic carbocycles. The van der Waals surface area contributed by atoms with Gasteiger partial charge in [-0.1, -0.05) is 35.5 Å². The van der Waals surface area contributed by atoms with Crippen molar-refractivity contribution in [3.05, 3.63) is 47.6 Å². The molecule has 0 unspecified atom stereocenters. The van der Waals surface area contributed by atoms with Crippen LogP contribution in [0.25, 0.3) is 11.3 Å². The zero-order valence-corrected chi connectivity index (χ0v) is 12.5. The number of carbonyl (C=O) groups is 2. The number of aliphatic carboxylic acids is 1. The van der Waals surface area contributed by atoms with E-state index in [0.29, 0.717) is 5.13 Å². The van der Waals surface area contributed by atoms with Crippen molar-refractivity contribution >= 4 is 28.3 Å². The monoisotopic (exact) mass is 329 g/mol. The van der Waals surface area contributed by atoms with E-state index in [1.807, 2.05) is 35.7 Å². The third kappa shape index (κ3) is 3.58. The number of carbonyl (C=O) groups excluding carboxylic acids is 1. The molecule has 3 rings (SSSR count). The molecule has 0 fully saturated rings. The Balaban J connectivity index is 1.70. The molecular weight excluding hydrogens is 318 g/mol. The first-order chi connectivity index (χ1) is 11.1. The summed E-state index contributed by atoms with van der Waals surface area (Å²) in [5.74, 6) is -1.55. The fraction of sp³-hybridized carbons (Fsp3) is 0.0714. The minimum absolute atomic E-state index is 0.0303. The summed E-state index contributed by atoms with van der Waals surface area (Å²) < 4.78 is 1.08. The Labute approximate surface area is 134 Å². The molecule has 2 heterocycles. The summed E-state index contributed by atoms with van der Waals surface area (Å²) in [6.07, 6.45) is 1.27. The average molecular weight is 329 g/mol. The van der Waals surface area contributed by atoms with Crippen LogP contribution < -0.4 is 5.32 Å². The molecule has 3 aromatic rings. The number of rotatable bonds is 5. The smallest absolute Gasteiger partial charge is 0.325 e. The molecule has 1 amide bonds. The van der Waals surface area contributed by atoms with E-state index in [2.05, 4.69) is 20.6 Å². The molecule has 116 valence electrons. The van der Waals surface area contributed by atoms with Crippen LogP contribution in [-0.2, 0) is 11.3 Å². The third-order valence-corrected chi connectivity index (χ3v) is 3.62. The largest absolute Gasteiger partial charge is 0.480 e. The van der Waals surface area contributed by atoms with Gasteiger partial charge in [-0.25, -0.2) is 9.67 Å². The number of anilines is 1. The number of hydrogen-bond donors (Lipinski definition) is 2. The number of hydrogen-bond acceptors (Lipinski definition) is 6. The van der Waals surface area contributed by atoms with Crippen LogP contribution in [0.2, 0.25) is 0 Å². The summed E-state index contributed by atoms with van der Waals surface area (Å²) >= 11 is 1.29. The van der Waals surface area contributed by atoms with E-state index in [0.717, 1.165) is 15.9 Å². The highest BCUT2D eigenvalue weighted by atomic mass is 32.1. The standard InChI is InChI=1S/C14H11N5O3S/c20-12(21)7-19-6-10(17-18-19)13(22)16-14-15-11(8-23-14)9-4-2-1-3-5-9/h1-6,8H,7H2,(H,20,21)(H,15,16,22). The fourth-order valence-corrected chi connectivity index (χ4v) is 2.57. The van der Waals surface area contributed by atoms with Crippen molar-refractivity contribution in [2.75, 3.05) is 5.32 Å². The molecule has 23 heavy (non-hydrogen) atoms. The minimum Gasteiger partial charge on any atom is -0.480 e. The van der Waals surface area contributed by atoms with Crippen LogP contribution in [0.15, 0.2) is 41.9 Å². The van der Waals surface area contributed by atoms with Gasteiger partial charge >= 0.3 is 5.97 Å². The molecule has 2 aromatic heterocycles. The van der Waals surface area contributed by atoms with E-state index in [-0.39, 0.29) is 12.2 Å². The van der Waals surface area contributed by atoms with Crippen LogP contribution in [0.4, 0.5) is 5.13 Å². The van der Waals surface area contributed by atoms with Gasteiger partial charge in [0.05, 0.1) is 11.9 Å². The Bertz CT molecular complexity index is 843. The van der Waals surface area contributed by atoms with E-state index in [4.69, 9.17) is 5.11 Å². The highest BCUT2D eigenvalue weighted by Gasteiger charge is 2.14. The summed E-state index contributed by atoms with van der Waals surface area (Å²) in [5.41, 5.74) is 1.75. The van der Waals surface area contributed by atoms with Crippen LogP contribution in [0.5, 0.6) is 0 Å². The first-order valence-corrected chi connectivity index (χ1v) is 7.44. The number of carboxylic acids is 1. The molecule has 0 saturated carbocycles. The van der Waals surface area contributed by atoms with E-state index < -0.39 is 11.9 Å². The molecule has 8 nitrogen and oxygen atoms in total. The molecule has 1 aromatic carbocycles. The molecule has 0 bridgehead atoms. The number of aromatic nitrogens is 4. The van der Waals surface area contributed by atoms with Crippen molar-refractivity contribution in [1.82, 2.24) is 20.0 Å². The minimum atomic E-state index is -1.06. The maximum Gasteiger partial charge on any atom is 0.325 e. The van der Waals surface area contributed by atoms with Crippen molar-refractivity contribution in [3.8, 4) is 11.3 Å². The number of nitrogens with zero attached hydrogens (tertiary/aromatic N) is 4. The molecule has 0 radical (unpaired) electrons. The van der Waals surface area contributed by atoms with Crippen molar-refractivity contribution in [1.29, 1.82) is 0 Å². The Morgan fingerprint density at radius 2 is 2.04 bits per heavy atom. The van der Waals surface area contributed by atoms with Crippen LogP contribution in [0.1, 0.15) is 10.5 Å². The van der Waals surface area contributed by atoms with Crippen LogP contribution >= 0.6 is 11.3 Å². The zero-order valence-electron chi connectivity index (χ0n) is 11.7. The van der Waals surface area contributed by atoms with Gasteiger partial charge < -0.3 is 5.11 Å². The summed E-state index contributed by atoms with van der Waals surface area (Å²) in [4.78, 5) is 27.0. The number of benzene rings is 1. The second-order valence-corrected chi connectivity index (χ2v) is 5.41. The van der Waals surface area contributed by atoms with Crippen molar-refractivity contribution in [2.24, 2.45) is 0 Å². The van der Waals surface area contributed by atoms with Crippen molar-refractivity contribution in [2.45, 2.75) is 6.54 Å². The van der Waals surface area contributed by atoms with Crippen LogP contribution in [0, 0.1) is 0 Å². The second-order valence-electron chi connectivity index (χ2n) is 4.55. The lowest BCUT2D eigenvalue weighted by molar-refractivity contribution is -0.137. The number of carboxylic acid groups (broad SMARTS) is 1. The molecule has 0 spiro atoms. The lowest BCUT2D eigenvalue weighted by Gasteiger charge is -1.97. The van der Waals surface area contributed by atoms with Gasteiger partial charge in [-0.3, -0.25) is 14.9 Å². The normalized spacial score (nSPS) is 10.4. The Kier molecular flexibility index (Phi) is 4.11. The van der Waals surface area contributed by atoms with Gasteiger partial charge in [0.25, 0.3) is 5.91 Å². The Morgan fingerprint density at radius 1 is 1.26 bits per heavy atom. The first kappa shape index (κ1) is 14.9. The van der Waals surface area contributed by atoms with Gasteiger partial charge in [0.15, 0.2) is 10.8 Å². The van der Waals surface area contributed by atoms with Gasteiger partial charge in [-0.05, 0) is 0 Å². The molecule has 2 N–H and O–H groups in total. The topological polar surface area (TPSA) is 110 Å². The summed E-state index contributed by atoms with van der Waals surface area (Å²) in [7, 11) is 0. The summed E-state index contributed by atoms with van der Waals surface area (Å²) in [6, 6.07) is 9.59. The number of thiazole rings is 1. The molecule has 0 aliphatic heterocycles. The number of nitrogens with one attached hydrogen (secondary N) is 1. The zero-order chi connectivity index (χ0) is 16.2. The average Bonchev–Trinajstić information content (AvgIpc) is 3.17. The molecule has 0 saturated heterocycles. The predicted molar refractivity (Wildman–Crippen MR) is 83.2 cm³/mol. The third-order valence-electron chi connectivity index (χ3n) is 2.86. The lowest BCUT2D eigenvalue weighted by Crippen LogP contribution is -2.12. The van der Waals surface area contributed by atoms with Crippen LogP contribution in [0.3, 0.4) is 0 Å². The summed E-state index contributed by atoms with van der Waals surface area (Å²) in [5, 5.41) is 20.8. The highest BCUT2D eigenvalue weighted by molar-refractivity contribution is 7.14. The molecule has 0 aliphatic rings. The van der Waals surface area contributed by atoms with Crippen molar-refractivity contribution < 1.29 is 14.7 Å². The second kappa shape index (κ2) is 6.36. The molecule has 9 heteroatoms. The Hall–Kier alpha value is -3.07. The van der Waals surface area contributed by atoms with E-state index >= 15 is 0 Å². The van der Waals surface area contributed by atoms with Crippen molar-refractivity contribution in [3.63, 3.8) is 0 Å². The first-order valence-electron chi connectivity index (χ1n) is 6.56. The fourth-order valence-electron chi connectivity index (χ4n) is 1.85. The highest BCUT2D eigenvalue weighted by Crippen LogP contribution is 2.24. The van der Waals surface area contributed by atoms with Gasteiger partial charge in [0.2, 0.25) is 0 Å². The van der Waals surface area contributed by atoms with Crippen LogP contribution in [-0.4, -0.2) is 37.0 Å². The predicted octanol–water partition coefficient (Wildman–Crippen LogP) is 1.74. The summed E-state index contributed by atoms with van der Waals surface area (Å²) in [6.45, 7) is -0.352. The van der Waals surface area contributed by atoms with Gasteiger partial charge in [0, 0.05) is 10.9 Å².